The van der Waals surface area contributed by atoms with E-state index in [-0.39, 0.29) is 40.7 Å². The third kappa shape index (κ3) is 12.1. The second-order valence-corrected chi connectivity index (χ2v) is 12.9. The van der Waals surface area contributed by atoms with Crippen molar-refractivity contribution in [2.75, 3.05) is 16.0 Å². The summed E-state index contributed by atoms with van der Waals surface area (Å²) in [5.41, 5.74) is 30.7. The molecule has 16 nitrogen and oxygen atoms in total. The Labute approximate surface area is 302 Å². The third-order valence-electron chi connectivity index (χ3n) is 8.35. The second-order valence-electron chi connectivity index (χ2n) is 12.5. The molecule has 0 bridgehead atoms. The summed E-state index contributed by atoms with van der Waals surface area (Å²) >= 11 is 5.73. The predicted octanol–water partition coefficient (Wildman–Crippen LogP) is 3.60. The molecule has 0 radical (unpaired) electrons. The predicted molar refractivity (Wildman–Crippen MR) is 199 cm³/mol. The number of aryl methyl sites for hydroxylation is 2. The van der Waals surface area contributed by atoms with Gasteiger partial charge >= 0.3 is 0 Å². The molecule has 0 spiro atoms. The van der Waals surface area contributed by atoms with Crippen LogP contribution in [0.2, 0.25) is 5.15 Å². The van der Waals surface area contributed by atoms with Crippen molar-refractivity contribution >= 4 is 52.2 Å². The summed E-state index contributed by atoms with van der Waals surface area (Å²) in [6.07, 6.45) is 9.06. The average Bonchev–Trinajstić information content (AvgIpc) is 3.08. The Hall–Kier alpha value is -5.03. The summed E-state index contributed by atoms with van der Waals surface area (Å²) in [5, 5.41) is 24.8. The molecule has 2 saturated carbocycles. The number of carbonyl (C=O) groups excluding carboxylic acids is 2. The van der Waals surface area contributed by atoms with Gasteiger partial charge in [0, 0.05) is 47.7 Å². The molecule has 2 fully saturated rings. The number of aromatic nitrogens is 6. The molecule has 4 heterocycles. The van der Waals surface area contributed by atoms with Gasteiger partial charge in [-0.15, -0.1) is 20.4 Å². The van der Waals surface area contributed by atoms with Gasteiger partial charge in [-0.3, -0.25) is 9.59 Å². The van der Waals surface area contributed by atoms with Crippen LogP contribution in [0.15, 0.2) is 48.5 Å². The first-order chi connectivity index (χ1) is 24.4. The van der Waals surface area contributed by atoms with Gasteiger partial charge in [-0.1, -0.05) is 49.4 Å². The number of pyridine rings is 2. The van der Waals surface area contributed by atoms with Crippen molar-refractivity contribution in [1.82, 2.24) is 30.4 Å². The van der Waals surface area contributed by atoms with Crippen LogP contribution in [0.25, 0.3) is 0 Å². The van der Waals surface area contributed by atoms with Crippen LogP contribution in [0.4, 0.5) is 28.8 Å². The van der Waals surface area contributed by atoms with Crippen LogP contribution < -0.4 is 44.6 Å². The zero-order chi connectivity index (χ0) is 36.9. The number of nitrogens with zero attached hydrogens (tertiary/aromatic N) is 6. The van der Waals surface area contributed by atoms with Crippen LogP contribution in [0, 0.1) is 13.8 Å². The highest BCUT2D eigenvalue weighted by molar-refractivity contribution is 6.29. The molecule has 0 aliphatic heterocycles. The van der Waals surface area contributed by atoms with Gasteiger partial charge in [-0.05, 0) is 63.8 Å². The van der Waals surface area contributed by atoms with Crippen LogP contribution >= 0.6 is 11.6 Å². The van der Waals surface area contributed by atoms with Crippen molar-refractivity contribution < 1.29 is 9.59 Å². The van der Waals surface area contributed by atoms with E-state index < -0.39 is 11.8 Å². The number of nitrogens with one attached hydrogen (secondary N) is 3. The summed E-state index contributed by atoms with van der Waals surface area (Å²) in [4.78, 5) is 31.5. The zero-order valence-corrected chi connectivity index (χ0v) is 29.6. The molecular weight excluding hydrogens is 672 g/mol. The van der Waals surface area contributed by atoms with Gasteiger partial charge in [0.1, 0.15) is 11.6 Å². The minimum atomic E-state index is -0.686. The first-order valence-electron chi connectivity index (χ1n) is 16.8. The van der Waals surface area contributed by atoms with E-state index >= 15 is 0 Å². The Kier molecular flexibility index (Phi) is 14.3. The first-order valence-corrected chi connectivity index (χ1v) is 17.2. The van der Waals surface area contributed by atoms with Gasteiger partial charge < -0.3 is 44.6 Å². The van der Waals surface area contributed by atoms with E-state index in [0.717, 1.165) is 49.9 Å². The summed E-state index contributed by atoms with van der Waals surface area (Å²) in [6.45, 7) is 3.75. The molecule has 0 saturated heterocycles. The molecule has 2 aliphatic carbocycles. The van der Waals surface area contributed by atoms with Crippen molar-refractivity contribution in [3.63, 3.8) is 0 Å². The Balaban J connectivity index is 0.000000194. The molecule has 272 valence electrons. The van der Waals surface area contributed by atoms with Crippen LogP contribution in [-0.2, 0) is 0 Å². The van der Waals surface area contributed by atoms with E-state index in [2.05, 4.69) is 46.3 Å². The monoisotopic (exact) mass is 718 g/mol. The minimum Gasteiger partial charge on any atom is -0.364 e. The molecule has 0 unspecified atom stereocenters. The van der Waals surface area contributed by atoms with Gasteiger partial charge in [0.15, 0.2) is 22.4 Å². The lowest BCUT2D eigenvalue weighted by atomic mass is 9.91. The quantitative estimate of drug-likeness (QED) is 0.129. The summed E-state index contributed by atoms with van der Waals surface area (Å²) in [7, 11) is 0. The zero-order valence-electron chi connectivity index (χ0n) is 28.8. The number of hydrogen-bond donors (Lipinski definition) is 8. The fraction of sp³-hybridized carbons (Fsp3) is 0.412. The second kappa shape index (κ2) is 18.8. The molecule has 4 aromatic rings. The molecule has 4 atom stereocenters. The number of rotatable bonds is 8. The lowest BCUT2D eigenvalue weighted by Crippen LogP contribution is -2.43. The number of hydrogen-bond acceptors (Lipinski definition) is 14. The highest BCUT2D eigenvalue weighted by atomic mass is 35.5. The molecular formula is C34H47ClN14O2. The summed E-state index contributed by atoms with van der Waals surface area (Å²) in [5.74, 6) is 0.401. The molecule has 0 aromatic carbocycles. The summed E-state index contributed by atoms with van der Waals surface area (Å²) < 4.78 is 0. The maximum atomic E-state index is 11.7. The highest BCUT2D eigenvalue weighted by Crippen LogP contribution is 2.25. The molecule has 13 N–H and O–H groups in total. The molecule has 2 amide bonds. The Morgan fingerprint density at radius 1 is 0.647 bits per heavy atom. The van der Waals surface area contributed by atoms with Crippen LogP contribution in [-0.4, -0.2) is 66.3 Å². The molecule has 51 heavy (non-hydrogen) atoms. The maximum absolute atomic E-state index is 11.7. The van der Waals surface area contributed by atoms with E-state index in [1.165, 1.54) is 18.9 Å². The van der Waals surface area contributed by atoms with E-state index in [0.29, 0.717) is 28.8 Å². The number of nitrogens with two attached hydrogens (primary N) is 5. The number of halogens is 1. The molecule has 4 aromatic heterocycles. The number of primary amides is 2. The Morgan fingerprint density at radius 2 is 1.12 bits per heavy atom. The topological polar surface area (TPSA) is 278 Å². The number of amides is 2. The Morgan fingerprint density at radius 3 is 1.59 bits per heavy atom. The van der Waals surface area contributed by atoms with Crippen LogP contribution in [0.3, 0.4) is 0 Å². The van der Waals surface area contributed by atoms with Crippen LogP contribution in [0.1, 0.15) is 83.7 Å². The highest BCUT2D eigenvalue weighted by Gasteiger charge is 2.23. The smallest absolute Gasteiger partial charge is 0.271 e. The fourth-order valence-electron chi connectivity index (χ4n) is 5.60. The summed E-state index contributed by atoms with van der Waals surface area (Å²) in [6, 6.07) is 15.0. The molecule has 2 aliphatic rings. The first kappa shape index (κ1) is 38.8. The van der Waals surface area contributed by atoms with Crippen LogP contribution in [0.5, 0.6) is 0 Å². The van der Waals surface area contributed by atoms with Gasteiger partial charge in [0.25, 0.3) is 11.8 Å². The largest absolute Gasteiger partial charge is 0.364 e. The SMILES string of the molecule is Cc1cccc(Nc2cc(Cl)nnc2C(N)=O)n1.Cc1cccc(Nc2cc(N[C@@H]3CCCC[C@@H]3N)nnc2C(N)=O)n1.N[C@@H]1CCCC[C@@H]1N. The Bertz CT molecular complexity index is 1770. The molecule has 17 heteroatoms. The average molecular weight is 719 g/mol. The standard InChI is InChI=1S/C17H23N7O.C11H10ClN5O.C6H14N2/c1-10-5-4-8-14(20-10)22-13-9-15(23-24-16(13)17(19)25)21-12-7-3-2-6-11(12)18;1-6-3-2-4-9(14-6)15-7-5-8(12)16-17-10(7)11(13)18;7-5-3-1-2-4-6(5)8/h4-5,8-9,11-12H,2-3,6-7,18H2,1H3,(H2,19,25)(H2,20,21,22,23);2-5H,1H3,(H2,13,18)(H,14,15,16);5-6H,1-4,7-8H2/t11-,12+;;5-,6+/m0../s1. The lowest BCUT2D eigenvalue weighted by Gasteiger charge is -2.29. The number of anilines is 5. The van der Waals surface area contributed by atoms with Crippen molar-refractivity contribution in [3.05, 3.63) is 76.5 Å². The van der Waals surface area contributed by atoms with Gasteiger partial charge in [0.2, 0.25) is 0 Å². The van der Waals surface area contributed by atoms with Crippen molar-refractivity contribution in [2.24, 2.45) is 28.7 Å². The van der Waals surface area contributed by atoms with E-state index in [1.807, 2.05) is 44.2 Å². The number of carbonyl (C=O) groups is 2. The van der Waals surface area contributed by atoms with Gasteiger partial charge in [0.05, 0.1) is 11.4 Å². The van der Waals surface area contributed by atoms with E-state index in [4.69, 9.17) is 40.3 Å². The minimum absolute atomic E-state index is 0.0164. The van der Waals surface area contributed by atoms with Crippen molar-refractivity contribution in [1.29, 1.82) is 0 Å². The molecule has 6 rings (SSSR count). The maximum Gasteiger partial charge on any atom is 0.271 e. The normalized spacial score (nSPS) is 19.6. The van der Waals surface area contributed by atoms with Crippen molar-refractivity contribution in [2.45, 2.75) is 89.4 Å². The van der Waals surface area contributed by atoms with Gasteiger partial charge in [-0.2, -0.15) is 0 Å². The third-order valence-corrected chi connectivity index (χ3v) is 8.54. The van der Waals surface area contributed by atoms with Gasteiger partial charge in [-0.25, -0.2) is 9.97 Å². The van der Waals surface area contributed by atoms with E-state index in [9.17, 15) is 9.59 Å². The van der Waals surface area contributed by atoms with Crippen molar-refractivity contribution in [3.8, 4) is 0 Å². The fourth-order valence-corrected chi connectivity index (χ4v) is 5.75. The van der Waals surface area contributed by atoms with E-state index in [1.54, 1.807) is 12.1 Å². The lowest BCUT2D eigenvalue weighted by molar-refractivity contribution is 0.0987.